The first-order valence-corrected chi connectivity index (χ1v) is 3.82. The molecule has 0 amide bonds. The van der Waals surface area contributed by atoms with Crippen LogP contribution >= 0.6 is 0 Å². The fourth-order valence-corrected chi connectivity index (χ4v) is 1.46. The average Bonchev–Trinajstić information content (AvgIpc) is 2.33. The van der Waals surface area contributed by atoms with Crippen molar-refractivity contribution in [3.8, 4) is 0 Å². The molecule has 2 aromatic rings. The minimum absolute atomic E-state index is 0.281. The Morgan fingerprint density at radius 3 is 2.75 bits per heavy atom. The van der Waals surface area contributed by atoms with Crippen LogP contribution in [0.1, 0.15) is 11.1 Å². The Labute approximate surface area is 69.8 Å². The fourth-order valence-electron chi connectivity index (χ4n) is 1.46. The molecule has 1 heterocycles. The summed E-state index contributed by atoms with van der Waals surface area (Å²) in [4.78, 5) is 0. The van der Waals surface area contributed by atoms with E-state index in [1.54, 1.807) is 6.07 Å². The molecule has 62 valence electrons. The maximum atomic E-state index is 13.0. The van der Waals surface area contributed by atoms with Crippen LogP contribution in [0.2, 0.25) is 0 Å². The zero-order valence-electron chi connectivity index (χ0n) is 7.02. The first kappa shape index (κ1) is 7.35. The Kier molecular flexibility index (Phi) is 1.43. The van der Waals surface area contributed by atoms with Crippen molar-refractivity contribution < 1.29 is 8.81 Å². The van der Waals surface area contributed by atoms with Crippen molar-refractivity contribution >= 4 is 11.0 Å². The molecule has 0 fully saturated rings. The minimum atomic E-state index is -0.281. The molecule has 1 nitrogen and oxygen atoms in total. The molecule has 0 bridgehead atoms. The van der Waals surface area contributed by atoms with Gasteiger partial charge >= 0.3 is 0 Å². The molecule has 0 aliphatic carbocycles. The molecule has 2 rings (SSSR count). The zero-order chi connectivity index (χ0) is 8.72. The molecule has 0 saturated carbocycles. The van der Waals surface area contributed by atoms with Crippen molar-refractivity contribution in [2.24, 2.45) is 0 Å². The van der Waals surface area contributed by atoms with Crippen molar-refractivity contribution in [1.82, 2.24) is 0 Å². The van der Waals surface area contributed by atoms with E-state index in [0.717, 1.165) is 17.4 Å². The Morgan fingerprint density at radius 1 is 1.25 bits per heavy atom. The Bertz CT molecular complexity index is 429. The summed E-state index contributed by atoms with van der Waals surface area (Å²) in [5.41, 5.74) is 2.69. The van der Waals surface area contributed by atoms with Gasteiger partial charge in [-0.05, 0) is 31.0 Å². The lowest BCUT2D eigenvalue weighted by atomic mass is 10.1. The standard InChI is InChI=1S/C10H9FO/c1-6-3-7(2)10-8(4-6)9(11)5-12-10/h3-5H,1-2H3. The number of hydrogen-bond donors (Lipinski definition) is 0. The number of fused-ring (bicyclic) bond motifs is 1. The first-order valence-electron chi connectivity index (χ1n) is 3.82. The van der Waals surface area contributed by atoms with Crippen LogP contribution < -0.4 is 0 Å². The van der Waals surface area contributed by atoms with E-state index in [1.165, 1.54) is 0 Å². The molecule has 0 N–H and O–H groups in total. The quantitative estimate of drug-likeness (QED) is 0.582. The van der Waals surface area contributed by atoms with Gasteiger partial charge in [0.25, 0.3) is 0 Å². The summed E-state index contributed by atoms with van der Waals surface area (Å²) in [6.07, 6.45) is 1.15. The van der Waals surface area contributed by atoms with Gasteiger partial charge in [0.1, 0.15) is 11.8 Å². The van der Waals surface area contributed by atoms with Crippen LogP contribution in [-0.4, -0.2) is 0 Å². The molecule has 12 heavy (non-hydrogen) atoms. The van der Waals surface area contributed by atoms with Gasteiger partial charge in [0, 0.05) is 0 Å². The molecular weight excluding hydrogens is 155 g/mol. The van der Waals surface area contributed by atoms with E-state index in [-0.39, 0.29) is 5.82 Å². The van der Waals surface area contributed by atoms with Crippen LogP contribution in [0.3, 0.4) is 0 Å². The smallest absolute Gasteiger partial charge is 0.169 e. The third-order valence-corrected chi connectivity index (χ3v) is 1.96. The Morgan fingerprint density at radius 2 is 2.00 bits per heavy atom. The third-order valence-electron chi connectivity index (χ3n) is 1.96. The van der Waals surface area contributed by atoms with Gasteiger partial charge < -0.3 is 4.42 Å². The Balaban J connectivity index is 2.92. The molecule has 2 heteroatoms. The van der Waals surface area contributed by atoms with Crippen LogP contribution in [0.4, 0.5) is 4.39 Å². The fraction of sp³-hybridized carbons (Fsp3) is 0.200. The predicted molar refractivity (Wildman–Crippen MR) is 45.6 cm³/mol. The topological polar surface area (TPSA) is 13.1 Å². The molecular formula is C10H9FO. The Hall–Kier alpha value is -1.31. The molecule has 1 aromatic carbocycles. The highest BCUT2D eigenvalue weighted by atomic mass is 19.1. The van der Waals surface area contributed by atoms with Gasteiger partial charge in [-0.25, -0.2) is 4.39 Å². The summed E-state index contributed by atoms with van der Waals surface area (Å²) in [5.74, 6) is -0.281. The van der Waals surface area contributed by atoms with Crippen LogP contribution in [0.25, 0.3) is 11.0 Å². The van der Waals surface area contributed by atoms with Crippen LogP contribution in [0, 0.1) is 19.7 Å². The van der Waals surface area contributed by atoms with Crippen molar-refractivity contribution in [2.45, 2.75) is 13.8 Å². The number of benzene rings is 1. The van der Waals surface area contributed by atoms with Crippen molar-refractivity contribution in [2.75, 3.05) is 0 Å². The predicted octanol–water partition coefficient (Wildman–Crippen LogP) is 3.19. The summed E-state index contributed by atoms with van der Waals surface area (Å²) < 4.78 is 18.1. The molecule has 1 aromatic heterocycles. The number of aryl methyl sites for hydroxylation is 2. The molecule has 0 saturated heterocycles. The maximum Gasteiger partial charge on any atom is 0.169 e. The van der Waals surface area contributed by atoms with E-state index >= 15 is 0 Å². The highest BCUT2D eigenvalue weighted by Crippen LogP contribution is 2.24. The molecule has 0 unspecified atom stereocenters. The molecule has 0 spiro atoms. The lowest BCUT2D eigenvalue weighted by Gasteiger charge is -1.96. The average molecular weight is 164 g/mol. The minimum Gasteiger partial charge on any atom is -0.461 e. The number of halogens is 1. The second kappa shape index (κ2) is 2.34. The van der Waals surface area contributed by atoms with Gasteiger partial charge in [-0.2, -0.15) is 0 Å². The number of furan rings is 1. The summed E-state index contributed by atoms with van der Waals surface area (Å²) in [6, 6.07) is 3.77. The number of rotatable bonds is 0. The largest absolute Gasteiger partial charge is 0.461 e. The molecule has 0 aliphatic rings. The summed E-state index contributed by atoms with van der Waals surface area (Å²) >= 11 is 0. The van der Waals surface area contributed by atoms with Gasteiger partial charge in [0.15, 0.2) is 5.82 Å². The summed E-state index contributed by atoms with van der Waals surface area (Å²) in [6.45, 7) is 3.86. The van der Waals surface area contributed by atoms with E-state index in [2.05, 4.69) is 0 Å². The van der Waals surface area contributed by atoms with Crippen LogP contribution in [0.5, 0.6) is 0 Å². The maximum absolute atomic E-state index is 13.0. The second-order valence-electron chi connectivity index (χ2n) is 3.04. The van der Waals surface area contributed by atoms with E-state index < -0.39 is 0 Å². The van der Waals surface area contributed by atoms with Gasteiger partial charge in [0.2, 0.25) is 0 Å². The van der Waals surface area contributed by atoms with Crippen LogP contribution in [0.15, 0.2) is 22.8 Å². The highest BCUT2D eigenvalue weighted by molar-refractivity contribution is 5.81. The zero-order valence-corrected chi connectivity index (χ0v) is 7.02. The lowest BCUT2D eigenvalue weighted by molar-refractivity contribution is 0.557. The summed E-state index contributed by atoms with van der Waals surface area (Å²) in [5, 5.41) is 0.576. The first-order chi connectivity index (χ1) is 5.68. The molecule has 0 aliphatic heterocycles. The van der Waals surface area contributed by atoms with Crippen molar-refractivity contribution in [1.29, 1.82) is 0 Å². The molecule has 0 atom stereocenters. The van der Waals surface area contributed by atoms with Gasteiger partial charge in [0.05, 0.1) is 5.39 Å². The van der Waals surface area contributed by atoms with Crippen molar-refractivity contribution in [3.63, 3.8) is 0 Å². The van der Waals surface area contributed by atoms with E-state index in [9.17, 15) is 4.39 Å². The lowest BCUT2D eigenvalue weighted by Crippen LogP contribution is -1.78. The van der Waals surface area contributed by atoms with Gasteiger partial charge in [-0.3, -0.25) is 0 Å². The molecule has 0 radical (unpaired) electrons. The third kappa shape index (κ3) is 0.916. The van der Waals surface area contributed by atoms with Gasteiger partial charge in [-0.1, -0.05) is 6.07 Å². The second-order valence-corrected chi connectivity index (χ2v) is 3.04. The highest BCUT2D eigenvalue weighted by Gasteiger charge is 2.07. The van der Waals surface area contributed by atoms with E-state index in [4.69, 9.17) is 4.42 Å². The van der Waals surface area contributed by atoms with E-state index in [0.29, 0.717) is 11.0 Å². The van der Waals surface area contributed by atoms with Crippen molar-refractivity contribution in [3.05, 3.63) is 35.3 Å². The van der Waals surface area contributed by atoms with Crippen LogP contribution in [-0.2, 0) is 0 Å². The number of hydrogen-bond acceptors (Lipinski definition) is 1. The normalized spacial score (nSPS) is 10.9. The monoisotopic (exact) mass is 164 g/mol. The van der Waals surface area contributed by atoms with Gasteiger partial charge in [-0.15, -0.1) is 0 Å². The SMILES string of the molecule is Cc1cc(C)c2occ(F)c2c1. The summed E-state index contributed by atoms with van der Waals surface area (Å²) in [7, 11) is 0. The van der Waals surface area contributed by atoms with E-state index in [1.807, 2.05) is 19.9 Å².